The summed E-state index contributed by atoms with van der Waals surface area (Å²) in [5.74, 6) is -0.844. The van der Waals surface area contributed by atoms with Crippen LogP contribution in [0.3, 0.4) is 0 Å². The number of ether oxygens (including phenoxy) is 1. The molecule has 5 nitrogen and oxygen atoms in total. The number of rotatable bonds is 3. The van der Waals surface area contributed by atoms with Crippen molar-refractivity contribution in [3.63, 3.8) is 0 Å². The number of carbonyl (C=O) groups is 2. The molecule has 0 radical (unpaired) electrons. The second-order valence-corrected chi connectivity index (χ2v) is 5.20. The molecule has 1 aliphatic heterocycles. The molecule has 3 rings (SSSR count). The fourth-order valence-electron chi connectivity index (χ4n) is 2.58. The summed E-state index contributed by atoms with van der Waals surface area (Å²) in [5.41, 5.74) is 1.50. The fourth-order valence-corrected chi connectivity index (χ4v) is 2.58. The van der Waals surface area contributed by atoms with E-state index in [2.05, 4.69) is 9.72 Å². The Labute approximate surface area is 120 Å². The molecule has 1 N–H and O–H groups in total. The number of methoxy groups -OCH3 is 1. The molecular formula is C15H15FN2O3. The first-order valence-corrected chi connectivity index (χ1v) is 6.69. The van der Waals surface area contributed by atoms with E-state index >= 15 is 0 Å². The van der Waals surface area contributed by atoms with Crippen LogP contribution < -0.4 is 0 Å². The number of nitrogens with one attached hydrogen (secondary N) is 1. The van der Waals surface area contributed by atoms with Gasteiger partial charge in [0.1, 0.15) is 5.82 Å². The molecule has 1 aromatic carbocycles. The van der Waals surface area contributed by atoms with Gasteiger partial charge in [-0.15, -0.1) is 0 Å². The maximum Gasteiger partial charge on any atom is 0.312 e. The van der Waals surface area contributed by atoms with Crippen molar-refractivity contribution in [1.29, 1.82) is 0 Å². The summed E-state index contributed by atoms with van der Waals surface area (Å²) in [7, 11) is 1.35. The lowest BCUT2D eigenvalue weighted by molar-refractivity contribution is -0.155. The van der Waals surface area contributed by atoms with Gasteiger partial charge in [-0.1, -0.05) is 0 Å². The van der Waals surface area contributed by atoms with E-state index in [1.165, 1.54) is 19.2 Å². The van der Waals surface area contributed by atoms with E-state index in [0.717, 1.165) is 10.9 Å². The van der Waals surface area contributed by atoms with Crippen LogP contribution in [0, 0.1) is 11.7 Å². The molecule has 2 aromatic rings. The van der Waals surface area contributed by atoms with Crippen molar-refractivity contribution >= 4 is 22.8 Å². The topological polar surface area (TPSA) is 62.4 Å². The molecule has 1 fully saturated rings. The summed E-state index contributed by atoms with van der Waals surface area (Å²) in [4.78, 5) is 28.0. The second kappa shape index (κ2) is 5.20. The number of aromatic nitrogens is 1. The number of aromatic amines is 1. The number of hydrogen-bond donors (Lipinski definition) is 1. The first kappa shape index (κ1) is 13.6. The highest BCUT2D eigenvalue weighted by molar-refractivity contribution is 5.90. The van der Waals surface area contributed by atoms with Crippen molar-refractivity contribution in [2.45, 2.75) is 6.42 Å². The van der Waals surface area contributed by atoms with E-state index in [4.69, 9.17) is 0 Å². The average molecular weight is 290 g/mol. The van der Waals surface area contributed by atoms with E-state index in [1.807, 2.05) is 0 Å². The van der Waals surface area contributed by atoms with E-state index in [9.17, 15) is 14.0 Å². The van der Waals surface area contributed by atoms with Crippen LogP contribution in [0.1, 0.15) is 5.56 Å². The number of benzene rings is 1. The Balaban J connectivity index is 1.66. The number of H-pyrrole nitrogens is 1. The van der Waals surface area contributed by atoms with E-state index < -0.39 is 0 Å². The Morgan fingerprint density at radius 2 is 2.19 bits per heavy atom. The monoisotopic (exact) mass is 290 g/mol. The molecule has 1 saturated heterocycles. The van der Waals surface area contributed by atoms with Gasteiger partial charge in [-0.3, -0.25) is 9.59 Å². The zero-order valence-corrected chi connectivity index (χ0v) is 11.6. The van der Waals surface area contributed by atoms with Gasteiger partial charge in [0.25, 0.3) is 0 Å². The van der Waals surface area contributed by atoms with E-state index in [1.54, 1.807) is 17.2 Å². The zero-order chi connectivity index (χ0) is 15.0. The van der Waals surface area contributed by atoms with Crippen molar-refractivity contribution in [1.82, 2.24) is 9.88 Å². The molecule has 0 atom stereocenters. The predicted molar refractivity (Wildman–Crippen MR) is 74.0 cm³/mol. The van der Waals surface area contributed by atoms with Crippen molar-refractivity contribution in [2.75, 3.05) is 20.2 Å². The lowest BCUT2D eigenvalue weighted by Crippen LogP contribution is -2.53. The maximum atomic E-state index is 13.1. The Hall–Kier alpha value is -2.37. The fraction of sp³-hybridized carbons (Fsp3) is 0.333. The van der Waals surface area contributed by atoms with Crippen LogP contribution in [-0.4, -0.2) is 42.0 Å². The molecule has 6 heteroatoms. The number of fused-ring (bicyclic) bond motifs is 1. The summed E-state index contributed by atoms with van der Waals surface area (Å²) >= 11 is 0. The average Bonchev–Trinajstić information content (AvgIpc) is 2.79. The molecular weight excluding hydrogens is 275 g/mol. The third-order valence-electron chi connectivity index (χ3n) is 3.84. The predicted octanol–water partition coefficient (Wildman–Crippen LogP) is 1.48. The third kappa shape index (κ3) is 2.49. The highest BCUT2D eigenvalue weighted by atomic mass is 19.1. The molecule has 2 heterocycles. The first-order chi connectivity index (χ1) is 10.1. The van der Waals surface area contributed by atoms with Gasteiger partial charge >= 0.3 is 5.97 Å². The van der Waals surface area contributed by atoms with Crippen LogP contribution in [0.5, 0.6) is 0 Å². The summed E-state index contributed by atoms with van der Waals surface area (Å²) in [6.07, 6.45) is 1.96. The van der Waals surface area contributed by atoms with Crippen LogP contribution >= 0.6 is 0 Å². The largest absolute Gasteiger partial charge is 0.469 e. The van der Waals surface area contributed by atoms with Crippen molar-refractivity contribution in [3.8, 4) is 0 Å². The number of halogens is 1. The lowest BCUT2D eigenvalue weighted by atomic mass is 9.99. The normalized spacial score (nSPS) is 15.0. The smallest absolute Gasteiger partial charge is 0.312 e. The van der Waals surface area contributed by atoms with Crippen LogP contribution in [0.2, 0.25) is 0 Å². The molecule has 110 valence electrons. The molecule has 1 aromatic heterocycles. The molecule has 0 aliphatic carbocycles. The molecule has 0 spiro atoms. The first-order valence-electron chi connectivity index (χ1n) is 6.69. The summed E-state index contributed by atoms with van der Waals surface area (Å²) in [6.45, 7) is 0.810. The van der Waals surface area contributed by atoms with Gasteiger partial charge in [-0.05, 0) is 23.8 Å². The van der Waals surface area contributed by atoms with E-state index in [0.29, 0.717) is 18.6 Å². The summed E-state index contributed by atoms with van der Waals surface area (Å²) in [5, 5.41) is 0.842. The number of nitrogens with zero attached hydrogens (tertiary/aromatic N) is 1. The molecule has 21 heavy (non-hydrogen) atoms. The highest BCUT2D eigenvalue weighted by Crippen LogP contribution is 2.22. The Morgan fingerprint density at radius 3 is 2.90 bits per heavy atom. The van der Waals surface area contributed by atoms with Crippen LogP contribution in [0.4, 0.5) is 4.39 Å². The van der Waals surface area contributed by atoms with Crippen LogP contribution in [0.25, 0.3) is 10.9 Å². The molecule has 0 unspecified atom stereocenters. The van der Waals surface area contributed by atoms with Crippen molar-refractivity contribution in [3.05, 3.63) is 35.8 Å². The van der Waals surface area contributed by atoms with Gasteiger partial charge in [0, 0.05) is 30.2 Å². The molecule has 1 amide bonds. The molecule has 0 saturated carbocycles. The number of amides is 1. The number of esters is 1. The van der Waals surface area contributed by atoms with Gasteiger partial charge in [0.15, 0.2) is 0 Å². The van der Waals surface area contributed by atoms with E-state index in [-0.39, 0.29) is 30.0 Å². The van der Waals surface area contributed by atoms with Crippen molar-refractivity contribution in [2.24, 2.45) is 5.92 Å². The number of carbonyl (C=O) groups excluding carboxylic acids is 2. The molecule has 1 aliphatic rings. The number of likely N-dealkylation sites (tertiary alicyclic amines) is 1. The number of hydrogen-bond acceptors (Lipinski definition) is 3. The Morgan fingerprint density at radius 1 is 1.43 bits per heavy atom. The summed E-state index contributed by atoms with van der Waals surface area (Å²) in [6, 6.07) is 4.44. The minimum Gasteiger partial charge on any atom is -0.469 e. The zero-order valence-electron chi connectivity index (χ0n) is 11.6. The quantitative estimate of drug-likeness (QED) is 0.871. The van der Waals surface area contributed by atoms with Crippen LogP contribution in [0.15, 0.2) is 24.4 Å². The second-order valence-electron chi connectivity index (χ2n) is 5.20. The van der Waals surface area contributed by atoms with Gasteiger partial charge < -0.3 is 14.6 Å². The van der Waals surface area contributed by atoms with Gasteiger partial charge in [0.2, 0.25) is 5.91 Å². The summed E-state index contributed by atoms with van der Waals surface area (Å²) < 4.78 is 17.8. The minimum absolute atomic E-state index is 0.0413. The van der Waals surface area contributed by atoms with Gasteiger partial charge in [-0.2, -0.15) is 0 Å². The SMILES string of the molecule is COC(=O)C1CN(C(=O)Cc2c[nH]c3cc(F)ccc23)C1. The standard InChI is InChI=1S/C15H15FN2O3/c1-21-15(20)10-7-18(8-10)14(19)4-9-6-17-13-5-11(16)2-3-12(9)13/h2-3,5-6,10,17H,4,7-8H2,1H3. The maximum absolute atomic E-state index is 13.1. The van der Waals surface area contributed by atoms with Crippen molar-refractivity contribution < 1.29 is 18.7 Å². The van der Waals surface area contributed by atoms with Crippen LogP contribution in [-0.2, 0) is 20.7 Å². The Kier molecular flexibility index (Phi) is 3.37. The minimum atomic E-state index is -0.314. The lowest BCUT2D eigenvalue weighted by Gasteiger charge is -2.37. The Bertz CT molecular complexity index is 704. The molecule has 0 bridgehead atoms. The highest BCUT2D eigenvalue weighted by Gasteiger charge is 2.36. The van der Waals surface area contributed by atoms with Gasteiger partial charge in [0.05, 0.1) is 19.4 Å². The van der Waals surface area contributed by atoms with Gasteiger partial charge in [-0.25, -0.2) is 4.39 Å². The third-order valence-corrected chi connectivity index (χ3v) is 3.84.